The molecular formula is C24H27N5O2. The Balaban J connectivity index is 1.44. The van der Waals surface area contributed by atoms with Crippen molar-refractivity contribution in [2.75, 3.05) is 13.1 Å². The standard InChI is InChI=1S/C24H27N5O2/c1-16-7-8-18(14-17(16)2)24(31)29-13-10-22-19(15-29)20(27-28(22)3)9-12-26-23(30)21-6-4-5-11-25-21/h4-8,11,14H,9-10,12-13,15H2,1-3H3,(H,26,30). The van der Waals surface area contributed by atoms with E-state index in [-0.39, 0.29) is 11.8 Å². The van der Waals surface area contributed by atoms with Crippen molar-refractivity contribution in [3.05, 3.63) is 81.9 Å². The fourth-order valence-corrected chi connectivity index (χ4v) is 3.98. The maximum absolute atomic E-state index is 13.1. The van der Waals surface area contributed by atoms with Crippen molar-refractivity contribution < 1.29 is 9.59 Å². The van der Waals surface area contributed by atoms with Crippen LogP contribution in [0.4, 0.5) is 0 Å². The van der Waals surface area contributed by atoms with Gasteiger partial charge in [-0.3, -0.25) is 19.3 Å². The number of nitrogens with zero attached hydrogens (tertiary/aromatic N) is 4. The van der Waals surface area contributed by atoms with Gasteiger partial charge >= 0.3 is 0 Å². The van der Waals surface area contributed by atoms with E-state index < -0.39 is 0 Å². The summed E-state index contributed by atoms with van der Waals surface area (Å²) >= 11 is 0. The molecule has 0 saturated heterocycles. The Morgan fingerprint density at radius 3 is 2.71 bits per heavy atom. The quantitative estimate of drug-likeness (QED) is 0.692. The summed E-state index contributed by atoms with van der Waals surface area (Å²) in [6, 6.07) is 11.1. The lowest BCUT2D eigenvalue weighted by Gasteiger charge is -2.28. The number of carbonyl (C=O) groups is 2. The third kappa shape index (κ3) is 4.35. The third-order valence-electron chi connectivity index (χ3n) is 5.91. The largest absolute Gasteiger partial charge is 0.350 e. The van der Waals surface area contributed by atoms with Crippen LogP contribution in [0.2, 0.25) is 0 Å². The van der Waals surface area contributed by atoms with Crippen LogP contribution in [-0.4, -0.2) is 44.6 Å². The van der Waals surface area contributed by atoms with Gasteiger partial charge in [0.05, 0.1) is 5.69 Å². The number of hydrogen-bond acceptors (Lipinski definition) is 4. The Morgan fingerprint density at radius 1 is 1.13 bits per heavy atom. The molecule has 0 aliphatic carbocycles. The van der Waals surface area contributed by atoms with Crippen LogP contribution in [0.3, 0.4) is 0 Å². The van der Waals surface area contributed by atoms with E-state index in [0.29, 0.717) is 31.7 Å². The molecule has 0 spiro atoms. The van der Waals surface area contributed by atoms with Crippen molar-refractivity contribution in [2.45, 2.75) is 33.2 Å². The number of aromatic nitrogens is 3. The van der Waals surface area contributed by atoms with Gasteiger partial charge in [0.1, 0.15) is 5.69 Å². The lowest BCUT2D eigenvalue weighted by atomic mass is 10.0. The Hall–Kier alpha value is -3.48. The Kier molecular flexibility index (Phi) is 5.84. The van der Waals surface area contributed by atoms with E-state index in [1.54, 1.807) is 24.4 Å². The first kappa shape index (κ1) is 20.8. The summed E-state index contributed by atoms with van der Waals surface area (Å²) in [6.45, 7) is 5.75. The normalized spacial score (nSPS) is 13.1. The molecule has 7 nitrogen and oxygen atoms in total. The number of aryl methyl sites for hydroxylation is 3. The summed E-state index contributed by atoms with van der Waals surface area (Å²) in [5.41, 5.74) is 6.61. The molecule has 1 aliphatic heterocycles. The number of pyridine rings is 1. The van der Waals surface area contributed by atoms with Crippen LogP contribution < -0.4 is 5.32 Å². The second-order valence-electron chi connectivity index (χ2n) is 7.99. The number of benzene rings is 1. The number of rotatable bonds is 5. The predicted molar refractivity (Wildman–Crippen MR) is 118 cm³/mol. The topological polar surface area (TPSA) is 80.1 Å². The van der Waals surface area contributed by atoms with Gasteiger partial charge in [-0.1, -0.05) is 12.1 Å². The van der Waals surface area contributed by atoms with E-state index in [4.69, 9.17) is 0 Å². The lowest BCUT2D eigenvalue weighted by Crippen LogP contribution is -2.36. The average Bonchev–Trinajstić information content (AvgIpc) is 3.10. The van der Waals surface area contributed by atoms with Crippen molar-refractivity contribution in [3.63, 3.8) is 0 Å². The van der Waals surface area contributed by atoms with Gasteiger partial charge in [-0.05, 0) is 49.2 Å². The highest BCUT2D eigenvalue weighted by atomic mass is 16.2. The highest BCUT2D eigenvalue weighted by Gasteiger charge is 2.27. The number of hydrogen-bond donors (Lipinski definition) is 1. The van der Waals surface area contributed by atoms with Crippen LogP contribution in [0, 0.1) is 13.8 Å². The Morgan fingerprint density at radius 2 is 1.97 bits per heavy atom. The van der Waals surface area contributed by atoms with E-state index in [1.165, 1.54) is 5.56 Å². The highest BCUT2D eigenvalue weighted by molar-refractivity contribution is 5.94. The molecule has 0 atom stereocenters. The van der Waals surface area contributed by atoms with Gasteiger partial charge in [0.2, 0.25) is 0 Å². The smallest absolute Gasteiger partial charge is 0.269 e. The monoisotopic (exact) mass is 417 g/mol. The van der Waals surface area contributed by atoms with Crippen LogP contribution in [0.15, 0.2) is 42.6 Å². The lowest BCUT2D eigenvalue weighted by molar-refractivity contribution is 0.0733. The first-order chi connectivity index (χ1) is 14.9. The second kappa shape index (κ2) is 8.71. The van der Waals surface area contributed by atoms with Crippen molar-refractivity contribution >= 4 is 11.8 Å². The molecule has 0 radical (unpaired) electrons. The molecule has 0 saturated carbocycles. The second-order valence-corrected chi connectivity index (χ2v) is 7.99. The molecule has 3 heterocycles. The predicted octanol–water partition coefficient (Wildman–Crippen LogP) is 2.60. The van der Waals surface area contributed by atoms with Crippen molar-refractivity contribution in [1.29, 1.82) is 0 Å². The van der Waals surface area contributed by atoms with E-state index in [9.17, 15) is 9.59 Å². The number of fused-ring (bicyclic) bond motifs is 1. The van der Waals surface area contributed by atoms with Crippen LogP contribution in [0.1, 0.15) is 48.9 Å². The van der Waals surface area contributed by atoms with Gasteiger partial charge in [-0.25, -0.2) is 0 Å². The van der Waals surface area contributed by atoms with Gasteiger partial charge in [0.25, 0.3) is 11.8 Å². The number of nitrogens with one attached hydrogen (secondary N) is 1. The molecule has 3 aromatic rings. The first-order valence-electron chi connectivity index (χ1n) is 10.5. The summed E-state index contributed by atoms with van der Waals surface area (Å²) in [7, 11) is 1.94. The summed E-state index contributed by atoms with van der Waals surface area (Å²) in [6.07, 6.45) is 2.98. The van der Waals surface area contributed by atoms with Gasteiger partial charge < -0.3 is 10.2 Å². The zero-order valence-electron chi connectivity index (χ0n) is 18.2. The van der Waals surface area contributed by atoms with Gasteiger partial charge in [0, 0.05) is 62.5 Å². The van der Waals surface area contributed by atoms with Gasteiger partial charge in [-0.15, -0.1) is 0 Å². The van der Waals surface area contributed by atoms with E-state index in [1.807, 2.05) is 48.7 Å². The number of carbonyl (C=O) groups excluding carboxylic acids is 2. The van der Waals surface area contributed by atoms with Crippen LogP contribution >= 0.6 is 0 Å². The Labute approximate surface area is 182 Å². The SMILES string of the molecule is Cc1ccc(C(=O)N2CCc3c(c(CCNC(=O)c4ccccn4)nn3C)C2)cc1C. The van der Waals surface area contributed by atoms with E-state index in [0.717, 1.165) is 34.5 Å². The molecule has 1 aliphatic rings. The van der Waals surface area contributed by atoms with Crippen LogP contribution in [0.25, 0.3) is 0 Å². The van der Waals surface area contributed by atoms with Crippen molar-refractivity contribution in [1.82, 2.24) is 25.0 Å². The zero-order chi connectivity index (χ0) is 22.0. The van der Waals surface area contributed by atoms with Crippen molar-refractivity contribution in [2.24, 2.45) is 7.05 Å². The third-order valence-corrected chi connectivity index (χ3v) is 5.91. The summed E-state index contributed by atoms with van der Waals surface area (Å²) in [4.78, 5) is 31.3. The molecule has 1 N–H and O–H groups in total. The molecule has 1 aromatic carbocycles. The van der Waals surface area contributed by atoms with Crippen LogP contribution in [0.5, 0.6) is 0 Å². The van der Waals surface area contributed by atoms with E-state index in [2.05, 4.69) is 15.4 Å². The fourth-order valence-electron chi connectivity index (χ4n) is 3.98. The molecule has 0 unspecified atom stereocenters. The molecular weight excluding hydrogens is 390 g/mol. The maximum atomic E-state index is 13.1. The molecule has 2 amide bonds. The van der Waals surface area contributed by atoms with Gasteiger partial charge in [-0.2, -0.15) is 5.10 Å². The highest BCUT2D eigenvalue weighted by Crippen LogP contribution is 2.24. The number of amides is 2. The Bertz CT molecular complexity index is 1120. The maximum Gasteiger partial charge on any atom is 0.269 e. The minimum Gasteiger partial charge on any atom is -0.350 e. The minimum absolute atomic E-state index is 0.0482. The first-order valence-corrected chi connectivity index (χ1v) is 10.5. The van der Waals surface area contributed by atoms with Gasteiger partial charge in [0.15, 0.2) is 0 Å². The minimum atomic E-state index is -0.197. The van der Waals surface area contributed by atoms with Crippen LogP contribution in [-0.2, 0) is 26.4 Å². The fraction of sp³-hybridized carbons (Fsp3) is 0.333. The zero-order valence-corrected chi connectivity index (χ0v) is 18.2. The molecule has 4 rings (SSSR count). The van der Waals surface area contributed by atoms with E-state index >= 15 is 0 Å². The summed E-state index contributed by atoms with van der Waals surface area (Å²) in [5.74, 6) is -0.149. The molecule has 160 valence electrons. The molecule has 0 fully saturated rings. The average molecular weight is 418 g/mol. The summed E-state index contributed by atoms with van der Waals surface area (Å²) < 4.78 is 1.91. The summed E-state index contributed by atoms with van der Waals surface area (Å²) in [5, 5.41) is 7.57. The van der Waals surface area contributed by atoms with Crippen molar-refractivity contribution in [3.8, 4) is 0 Å². The molecule has 2 aromatic heterocycles. The molecule has 0 bridgehead atoms. The molecule has 7 heteroatoms. The molecule has 31 heavy (non-hydrogen) atoms.